The van der Waals surface area contributed by atoms with Crippen molar-refractivity contribution in [1.82, 2.24) is 9.97 Å². The summed E-state index contributed by atoms with van der Waals surface area (Å²) in [6, 6.07) is 16.0. The molecular weight excluding hydrogens is 456 g/mol. The molecule has 0 fully saturated rings. The molecule has 0 saturated heterocycles. The second-order valence-electron chi connectivity index (χ2n) is 6.03. The van der Waals surface area contributed by atoms with Gasteiger partial charge >= 0.3 is 0 Å². The van der Waals surface area contributed by atoms with E-state index in [0.29, 0.717) is 0 Å². The number of nitrogens with two attached hydrogens (primary N) is 1. The zero-order valence-electron chi connectivity index (χ0n) is 14.4. The van der Waals surface area contributed by atoms with Crippen LogP contribution in [0.3, 0.4) is 0 Å². The average Bonchev–Trinajstić information content (AvgIpc) is 2.62. The van der Waals surface area contributed by atoms with Gasteiger partial charge in [-0.3, -0.25) is 9.97 Å². The minimum absolute atomic E-state index is 0.748. The molecule has 26 heavy (non-hydrogen) atoms. The van der Waals surface area contributed by atoms with Crippen molar-refractivity contribution < 1.29 is 0 Å². The van der Waals surface area contributed by atoms with E-state index in [1.807, 2.05) is 44.6 Å². The van der Waals surface area contributed by atoms with Gasteiger partial charge in [-0.25, -0.2) is 0 Å². The van der Waals surface area contributed by atoms with Crippen molar-refractivity contribution in [2.75, 3.05) is 24.7 Å². The van der Waals surface area contributed by atoms with Gasteiger partial charge in [-0.15, -0.1) is 0 Å². The molecular formula is C20H18Br2N4. The number of nitrogen functional groups attached to an aromatic ring is 1. The van der Waals surface area contributed by atoms with Crippen LogP contribution in [-0.2, 0) is 0 Å². The number of halogens is 2. The average molecular weight is 474 g/mol. The summed E-state index contributed by atoms with van der Waals surface area (Å²) in [5.74, 6) is 0. The van der Waals surface area contributed by atoms with Crippen molar-refractivity contribution >= 4 is 65.0 Å². The lowest BCUT2D eigenvalue weighted by Gasteiger charge is -2.12. The molecule has 2 heterocycles. The van der Waals surface area contributed by atoms with Crippen LogP contribution in [0.4, 0.5) is 11.4 Å². The van der Waals surface area contributed by atoms with Gasteiger partial charge in [-0.1, -0.05) is 12.1 Å². The quantitative estimate of drug-likeness (QED) is 0.363. The lowest BCUT2D eigenvalue weighted by Crippen LogP contribution is -2.08. The molecule has 132 valence electrons. The van der Waals surface area contributed by atoms with Crippen LogP contribution in [0.15, 0.2) is 69.9 Å². The normalized spacial score (nSPS) is 10.5. The lowest BCUT2D eigenvalue weighted by molar-refractivity contribution is 1.13. The van der Waals surface area contributed by atoms with E-state index in [4.69, 9.17) is 5.73 Å². The van der Waals surface area contributed by atoms with Gasteiger partial charge in [0.1, 0.15) is 0 Å². The molecule has 0 amide bonds. The van der Waals surface area contributed by atoms with Crippen LogP contribution in [0.1, 0.15) is 0 Å². The zero-order valence-corrected chi connectivity index (χ0v) is 17.6. The highest BCUT2D eigenvalue weighted by atomic mass is 79.9. The molecule has 0 saturated carbocycles. The maximum absolute atomic E-state index is 5.61. The molecule has 0 radical (unpaired) electrons. The van der Waals surface area contributed by atoms with Gasteiger partial charge in [0.2, 0.25) is 0 Å². The maximum Gasteiger partial charge on any atom is 0.0723 e. The van der Waals surface area contributed by atoms with Crippen molar-refractivity contribution in [2.24, 2.45) is 0 Å². The molecule has 0 bridgehead atoms. The second-order valence-corrected chi connectivity index (χ2v) is 7.86. The molecule has 0 spiro atoms. The standard InChI is InChI=1S/C11H11BrN2.C9H7BrN2/c1-14(2)10-4-3-8-5-9(12)7-13-11(8)6-10;10-7-3-6-1-2-8(11)4-9(6)12-5-7/h3-7H,1-2H3;1-5H,11H2. The van der Waals surface area contributed by atoms with E-state index in [2.05, 4.69) is 71.0 Å². The van der Waals surface area contributed by atoms with Crippen molar-refractivity contribution in [1.29, 1.82) is 0 Å². The van der Waals surface area contributed by atoms with E-state index in [9.17, 15) is 0 Å². The van der Waals surface area contributed by atoms with Crippen LogP contribution in [0, 0.1) is 0 Å². The first-order chi connectivity index (χ1) is 12.4. The largest absolute Gasteiger partial charge is 0.399 e. The Morgan fingerprint density at radius 3 is 1.88 bits per heavy atom. The topological polar surface area (TPSA) is 55.0 Å². The number of nitrogens with zero attached hydrogens (tertiary/aromatic N) is 3. The summed E-state index contributed by atoms with van der Waals surface area (Å²) in [5, 5.41) is 2.25. The van der Waals surface area contributed by atoms with Crippen LogP contribution < -0.4 is 10.6 Å². The van der Waals surface area contributed by atoms with Crippen molar-refractivity contribution in [3.05, 3.63) is 69.9 Å². The van der Waals surface area contributed by atoms with Crippen molar-refractivity contribution in [3.63, 3.8) is 0 Å². The Morgan fingerprint density at radius 2 is 1.31 bits per heavy atom. The first-order valence-corrected chi connectivity index (χ1v) is 9.54. The van der Waals surface area contributed by atoms with Crippen LogP contribution in [0.25, 0.3) is 21.8 Å². The molecule has 0 aliphatic rings. The third-order valence-corrected chi connectivity index (χ3v) is 4.69. The van der Waals surface area contributed by atoms with Gasteiger partial charge < -0.3 is 10.6 Å². The summed E-state index contributed by atoms with van der Waals surface area (Å²) >= 11 is 6.76. The number of hydrogen-bond donors (Lipinski definition) is 1. The number of benzene rings is 2. The molecule has 4 nitrogen and oxygen atoms in total. The fraction of sp³-hybridized carbons (Fsp3) is 0.100. The number of pyridine rings is 2. The van der Waals surface area contributed by atoms with Crippen molar-refractivity contribution in [3.8, 4) is 0 Å². The van der Waals surface area contributed by atoms with E-state index >= 15 is 0 Å². The molecule has 2 N–H and O–H groups in total. The Bertz CT molecular complexity index is 1020. The monoisotopic (exact) mass is 472 g/mol. The molecule has 6 heteroatoms. The van der Waals surface area contributed by atoms with E-state index in [-0.39, 0.29) is 0 Å². The summed E-state index contributed by atoms with van der Waals surface area (Å²) in [7, 11) is 4.06. The molecule has 4 aromatic rings. The molecule has 0 aliphatic carbocycles. The number of aromatic nitrogens is 2. The zero-order chi connectivity index (χ0) is 18.7. The molecule has 2 aromatic carbocycles. The molecule has 0 atom stereocenters. The molecule has 2 aromatic heterocycles. The fourth-order valence-corrected chi connectivity index (χ4v) is 3.17. The van der Waals surface area contributed by atoms with E-state index in [1.54, 1.807) is 6.20 Å². The Hall–Kier alpha value is -2.18. The highest BCUT2D eigenvalue weighted by Gasteiger charge is 1.99. The number of anilines is 2. The SMILES string of the molecule is CN(C)c1ccc2cc(Br)cnc2c1.Nc1ccc2cc(Br)cnc2c1. The summed E-state index contributed by atoms with van der Waals surface area (Å²) in [4.78, 5) is 10.6. The van der Waals surface area contributed by atoms with Crippen LogP contribution >= 0.6 is 31.9 Å². The third kappa shape index (κ3) is 4.51. The van der Waals surface area contributed by atoms with Gasteiger partial charge in [0, 0.05) is 57.6 Å². The molecule has 0 aliphatic heterocycles. The first-order valence-electron chi connectivity index (χ1n) is 7.96. The molecule has 4 rings (SSSR count). The molecule has 0 unspecified atom stereocenters. The van der Waals surface area contributed by atoms with E-state index < -0.39 is 0 Å². The summed E-state index contributed by atoms with van der Waals surface area (Å²) < 4.78 is 2.00. The Labute approximate surface area is 169 Å². The number of rotatable bonds is 1. The third-order valence-electron chi connectivity index (χ3n) is 3.83. The number of fused-ring (bicyclic) bond motifs is 2. The Morgan fingerprint density at radius 1 is 0.769 bits per heavy atom. The van der Waals surface area contributed by atoms with Crippen LogP contribution in [0.5, 0.6) is 0 Å². The lowest BCUT2D eigenvalue weighted by atomic mass is 10.2. The van der Waals surface area contributed by atoms with Gasteiger partial charge in [0.25, 0.3) is 0 Å². The Balaban J connectivity index is 0.000000152. The maximum atomic E-state index is 5.61. The minimum Gasteiger partial charge on any atom is -0.399 e. The summed E-state index contributed by atoms with van der Waals surface area (Å²) in [6.45, 7) is 0. The van der Waals surface area contributed by atoms with E-state index in [0.717, 1.165) is 36.4 Å². The van der Waals surface area contributed by atoms with Gasteiger partial charge in [0.05, 0.1) is 11.0 Å². The summed E-state index contributed by atoms with van der Waals surface area (Å²) in [5.41, 5.74) is 9.49. The van der Waals surface area contributed by atoms with Crippen molar-refractivity contribution in [2.45, 2.75) is 0 Å². The smallest absolute Gasteiger partial charge is 0.0723 e. The van der Waals surface area contributed by atoms with Gasteiger partial charge in [-0.2, -0.15) is 0 Å². The van der Waals surface area contributed by atoms with Crippen LogP contribution in [0.2, 0.25) is 0 Å². The number of hydrogen-bond acceptors (Lipinski definition) is 4. The predicted molar refractivity (Wildman–Crippen MR) is 118 cm³/mol. The van der Waals surface area contributed by atoms with Gasteiger partial charge in [-0.05, 0) is 68.3 Å². The fourth-order valence-electron chi connectivity index (χ4n) is 2.47. The first kappa shape index (κ1) is 18.6. The Kier molecular flexibility index (Phi) is 5.74. The van der Waals surface area contributed by atoms with Crippen LogP contribution in [-0.4, -0.2) is 24.1 Å². The van der Waals surface area contributed by atoms with Gasteiger partial charge in [0.15, 0.2) is 0 Å². The van der Waals surface area contributed by atoms with E-state index in [1.165, 1.54) is 5.69 Å². The highest BCUT2D eigenvalue weighted by Crippen LogP contribution is 2.22. The second kappa shape index (κ2) is 8.01. The highest BCUT2D eigenvalue weighted by molar-refractivity contribution is 9.10. The minimum atomic E-state index is 0.748. The summed E-state index contributed by atoms with van der Waals surface area (Å²) in [6.07, 6.45) is 3.59. The predicted octanol–water partition coefficient (Wildman–Crippen LogP) is 5.64.